The van der Waals surface area contributed by atoms with Crippen molar-refractivity contribution in [3.8, 4) is 0 Å². The third-order valence-electron chi connectivity index (χ3n) is 5.05. The number of benzene rings is 1. The van der Waals surface area contributed by atoms with Crippen LogP contribution in [0.25, 0.3) is 0 Å². The lowest BCUT2D eigenvalue weighted by atomic mass is 9.85. The summed E-state index contributed by atoms with van der Waals surface area (Å²) in [6, 6.07) is 4.54. The minimum Gasteiger partial charge on any atom is -0.444 e. The van der Waals surface area contributed by atoms with E-state index in [4.69, 9.17) is 4.74 Å². The third-order valence-corrected chi connectivity index (χ3v) is 6.96. The molecule has 30 heavy (non-hydrogen) atoms. The number of rotatable bonds is 4. The van der Waals surface area contributed by atoms with Crippen LogP contribution in [0.5, 0.6) is 0 Å². The highest BCUT2D eigenvalue weighted by atomic mass is 32.2. The molecule has 12 heteroatoms. The average Bonchev–Trinajstić information content (AvgIpc) is 2.64. The molecule has 1 amide bonds. The van der Waals surface area contributed by atoms with Gasteiger partial charge in [0.25, 0.3) is 5.69 Å². The Hall–Kier alpha value is -2.28. The summed E-state index contributed by atoms with van der Waals surface area (Å²) in [5, 5.41) is 25.2. The molecule has 0 aromatic heterocycles. The predicted molar refractivity (Wildman–Crippen MR) is 106 cm³/mol. The van der Waals surface area contributed by atoms with Gasteiger partial charge in [0.15, 0.2) is 4.90 Å². The minimum absolute atomic E-state index is 0.00104. The molecule has 11 nitrogen and oxygen atoms in total. The van der Waals surface area contributed by atoms with Gasteiger partial charge in [-0.3, -0.25) is 10.1 Å². The summed E-state index contributed by atoms with van der Waals surface area (Å²) in [6.45, 7) is 5.52. The van der Waals surface area contributed by atoms with Gasteiger partial charge in [-0.15, -0.1) is 0 Å². The Bertz CT molecular complexity index is 938. The molecule has 0 unspecified atom stereocenters. The van der Waals surface area contributed by atoms with Crippen LogP contribution in [0.3, 0.4) is 0 Å². The molecule has 2 fully saturated rings. The van der Waals surface area contributed by atoms with Crippen LogP contribution >= 0.6 is 0 Å². The highest BCUT2D eigenvalue weighted by Crippen LogP contribution is 2.31. The summed E-state index contributed by atoms with van der Waals surface area (Å²) in [7, 11) is -4.13. The first kappa shape index (κ1) is 22.4. The lowest BCUT2D eigenvalue weighted by Crippen LogP contribution is -2.75. The van der Waals surface area contributed by atoms with Crippen molar-refractivity contribution in [2.45, 2.75) is 42.9 Å². The molecule has 166 valence electrons. The van der Waals surface area contributed by atoms with E-state index in [1.54, 1.807) is 20.8 Å². The standard InChI is InChI=1S/C18H26N4O7S/c1-17(2,3)29-16(23)20-11-18(24,12-20)15-10-21(9-8-19-15)30(27,28)14-7-5-4-6-13(14)22(25)26/h4-7,15,19,24H,8-12H2,1-3H3/t15-/m1/s1. The second kappa shape index (κ2) is 7.76. The fourth-order valence-corrected chi connectivity index (χ4v) is 5.17. The molecule has 2 N–H and O–H groups in total. The Morgan fingerprint density at radius 3 is 2.57 bits per heavy atom. The largest absolute Gasteiger partial charge is 0.444 e. The zero-order valence-electron chi connectivity index (χ0n) is 17.1. The molecule has 0 spiro atoms. The number of hydrogen-bond donors (Lipinski definition) is 2. The van der Waals surface area contributed by atoms with Crippen LogP contribution in [-0.2, 0) is 14.8 Å². The number of aliphatic hydroxyl groups is 1. The maximum absolute atomic E-state index is 13.0. The van der Waals surface area contributed by atoms with Gasteiger partial charge < -0.3 is 20.1 Å². The normalized spacial score (nSPS) is 22.3. The van der Waals surface area contributed by atoms with Gasteiger partial charge in [-0.2, -0.15) is 4.31 Å². The molecule has 1 aromatic carbocycles. The van der Waals surface area contributed by atoms with E-state index < -0.39 is 44.0 Å². The average molecular weight is 442 g/mol. The van der Waals surface area contributed by atoms with Gasteiger partial charge in [-0.1, -0.05) is 12.1 Å². The molecule has 3 rings (SSSR count). The van der Waals surface area contributed by atoms with Crippen molar-refractivity contribution in [3.63, 3.8) is 0 Å². The van der Waals surface area contributed by atoms with E-state index in [9.17, 15) is 28.4 Å². The van der Waals surface area contributed by atoms with Crippen molar-refractivity contribution in [3.05, 3.63) is 34.4 Å². The molecule has 0 radical (unpaired) electrons. The second-order valence-electron chi connectivity index (χ2n) is 8.53. The summed E-state index contributed by atoms with van der Waals surface area (Å²) >= 11 is 0. The quantitative estimate of drug-likeness (QED) is 0.508. The fourth-order valence-electron chi connectivity index (χ4n) is 3.56. The monoisotopic (exact) mass is 442 g/mol. The number of nitro benzene ring substituents is 1. The van der Waals surface area contributed by atoms with Crippen molar-refractivity contribution in [2.24, 2.45) is 0 Å². The highest BCUT2D eigenvalue weighted by molar-refractivity contribution is 7.89. The van der Waals surface area contributed by atoms with E-state index in [2.05, 4.69) is 5.32 Å². The van der Waals surface area contributed by atoms with E-state index in [1.807, 2.05) is 0 Å². The smallest absolute Gasteiger partial charge is 0.410 e. The highest BCUT2D eigenvalue weighted by Gasteiger charge is 2.52. The van der Waals surface area contributed by atoms with Gasteiger partial charge in [-0.05, 0) is 26.8 Å². The number of carbonyl (C=O) groups excluding carboxylic acids is 1. The molecular weight excluding hydrogens is 416 g/mol. The number of nitro groups is 1. The van der Waals surface area contributed by atoms with Crippen LogP contribution in [0.15, 0.2) is 29.2 Å². The first-order chi connectivity index (χ1) is 13.8. The third kappa shape index (κ3) is 4.41. The SMILES string of the molecule is CC(C)(C)OC(=O)N1CC(O)([C@H]2CN(S(=O)(=O)c3ccccc3[N+](=O)[O-])CCN2)C1. The maximum atomic E-state index is 13.0. The Morgan fingerprint density at radius 1 is 1.33 bits per heavy atom. The number of likely N-dealkylation sites (tertiary alicyclic amines) is 1. The number of sulfonamides is 1. The summed E-state index contributed by atoms with van der Waals surface area (Å²) in [4.78, 5) is 23.6. The zero-order chi connectivity index (χ0) is 22.3. The second-order valence-corrected chi connectivity index (χ2v) is 10.4. The van der Waals surface area contributed by atoms with E-state index >= 15 is 0 Å². The van der Waals surface area contributed by atoms with Gasteiger partial charge in [0.1, 0.15) is 11.2 Å². The fraction of sp³-hybridized carbons (Fsp3) is 0.611. The van der Waals surface area contributed by atoms with Gasteiger partial charge >= 0.3 is 6.09 Å². The first-order valence-corrected chi connectivity index (χ1v) is 10.9. The minimum atomic E-state index is -4.13. The van der Waals surface area contributed by atoms with Gasteiger partial charge in [0.2, 0.25) is 10.0 Å². The topological polar surface area (TPSA) is 142 Å². The number of para-hydroxylation sites is 1. The number of hydrogen-bond acceptors (Lipinski definition) is 8. The van der Waals surface area contributed by atoms with Gasteiger partial charge in [0.05, 0.1) is 24.1 Å². The van der Waals surface area contributed by atoms with Crippen molar-refractivity contribution in [1.82, 2.24) is 14.5 Å². The van der Waals surface area contributed by atoms with Crippen molar-refractivity contribution in [2.75, 3.05) is 32.7 Å². The van der Waals surface area contributed by atoms with Crippen LogP contribution in [0.1, 0.15) is 20.8 Å². The van der Waals surface area contributed by atoms with Crippen LogP contribution in [0.4, 0.5) is 10.5 Å². The number of nitrogens with one attached hydrogen (secondary N) is 1. The molecule has 0 saturated carbocycles. The summed E-state index contributed by atoms with van der Waals surface area (Å²) in [5.41, 5.74) is -2.48. The molecule has 2 aliphatic rings. The number of β-amino-alcohol motifs (C(OH)–C–C–N with tert-alkyl or cyclic N) is 1. The zero-order valence-corrected chi connectivity index (χ0v) is 17.9. The van der Waals surface area contributed by atoms with E-state index in [0.29, 0.717) is 0 Å². The molecule has 2 heterocycles. The van der Waals surface area contributed by atoms with Crippen LogP contribution in [-0.4, -0.2) is 83.7 Å². The number of nitrogens with zero attached hydrogens (tertiary/aromatic N) is 3. The molecule has 1 aromatic rings. The molecule has 2 aliphatic heterocycles. The molecule has 0 bridgehead atoms. The Balaban J connectivity index is 1.72. The van der Waals surface area contributed by atoms with E-state index in [1.165, 1.54) is 23.1 Å². The molecular formula is C18H26N4O7S. The lowest BCUT2D eigenvalue weighted by molar-refractivity contribution is -0.387. The van der Waals surface area contributed by atoms with Crippen LogP contribution in [0.2, 0.25) is 0 Å². The summed E-state index contributed by atoms with van der Waals surface area (Å²) < 4.78 is 32.5. The molecule has 1 atom stereocenters. The van der Waals surface area contributed by atoms with Gasteiger partial charge in [-0.25, -0.2) is 13.2 Å². The predicted octanol–water partition coefficient (Wildman–Crippen LogP) is 0.539. The molecule has 2 saturated heterocycles. The number of piperazine rings is 1. The Kier molecular flexibility index (Phi) is 5.80. The van der Waals surface area contributed by atoms with Crippen LogP contribution < -0.4 is 5.32 Å². The first-order valence-electron chi connectivity index (χ1n) is 9.51. The summed E-state index contributed by atoms with van der Waals surface area (Å²) in [6.07, 6.45) is -0.549. The van der Waals surface area contributed by atoms with Crippen LogP contribution in [0, 0.1) is 10.1 Å². The van der Waals surface area contributed by atoms with Crippen molar-refractivity contribution < 1.29 is 28.0 Å². The number of carbonyl (C=O) groups is 1. The van der Waals surface area contributed by atoms with Gasteiger partial charge in [0, 0.05) is 25.7 Å². The number of amides is 1. The van der Waals surface area contributed by atoms with E-state index in [-0.39, 0.29) is 37.6 Å². The maximum Gasteiger partial charge on any atom is 0.410 e. The Morgan fingerprint density at radius 2 is 1.97 bits per heavy atom. The van der Waals surface area contributed by atoms with Crippen molar-refractivity contribution in [1.29, 1.82) is 0 Å². The lowest BCUT2D eigenvalue weighted by Gasteiger charge is -2.52. The Labute approximate surface area is 174 Å². The van der Waals surface area contributed by atoms with E-state index in [0.717, 1.165) is 10.4 Å². The van der Waals surface area contributed by atoms with Crippen molar-refractivity contribution >= 4 is 21.8 Å². The number of ether oxygens (including phenoxy) is 1. The summed E-state index contributed by atoms with van der Waals surface area (Å²) in [5.74, 6) is 0. The molecule has 0 aliphatic carbocycles.